The summed E-state index contributed by atoms with van der Waals surface area (Å²) in [6.45, 7) is 3.37. The number of piperazine rings is 1. The number of methoxy groups -OCH3 is 1. The Morgan fingerprint density at radius 2 is 2.33 bits per heavy atom. The summed E-state index contributed by atoms with van der Waals surface area (Å²) in [6.07, 6.45) is 2.31. The molecular weight excluding hydrogens is 292 g/mol. The van der Waals surface area contributed by atoms with Crippen LogP contribution in [0.25, 0.3) is 0 Å². The van der Waals surface area contributed by atoms with Crippen molar-refractivity contribution in [2.45, 2.75) is 18.9 Å². The Labute approximate surface area is 118 Å². The zero-order valence-electron chi connectivity index (χ0n) is 11.1. The first-order valence-electron chi connectivity index (χ1n) is 6.44. The zero-order chi connectivity index (χ0) is 13.0. The van der Waals surface area contributed by atoms with Gasteiger partial charge in [0.15, 0.2) is 0 Å². The number of hydrogen-bond donors (Lipinski definition) is 1. The lowest BCUT2D eigenvalue weighted by atomic mass is 10.0. The van der Waals surface area contributed by atoms with Gasteiger partial charge in [0.2, 0.25) is 0 Å². The van der Waals surface area contributed by atoms with Crippen LogP contribution in [0.5, 0.6) is 5.75 Å². The molecule has 1 aliphatic rings. The van der Waals surface area contributed by atoms with Crippen LogP contribution in [0.4, 0.5) is 0 Å². The molecule has 1 aromatic rings. The highest BCUT2D eigenvalue weighted by Gasteiger charge is 2.18. The second-order valence-corrected chi connectivity index (χ2v) is 5.70. The van der Waals surface area contributed by atoms with Crippen molar-refractivity contribution in [1.29, 1.82) is 0 Å². The normalized spacial score (nSPS) is 20.9. The van der Waals surface area contributed by atoms with Crippen molar-refractivity contribution in [1.82, 2.24) is 10.2 Å². The molecule has 100 valence electrons. The van der Waals surface area contributed by atoms with Crippen molar-refractivity contribution < 1.29 is 4.74 Å². The molecule has 3 nitrogen and oxygen atoms in total. The Hall–Kier alpha value is -0.580. The quantitative estimate of drug-likeness (QED) is 0.923. The first-order chi connectivity index (χ1) is 8.70. The van der Waals surface area contributed by atoms with Crippen molar-refractivity contribution in [3.63, 3.8) is 0 Å². The summed E-state index contributed by atoms with van der Waals surface area (Å²) in [5.41, 5.74) is 1.36. The molecule has 1 aliphatic heterocycles. The molecule has 1 atom stereocenters. The Balaban J connectivity index is 1.91. The number of likely N-dealkylation sites (N-methyl/N-ethyl adjacent to an activating group) is 1. The van der Waals surface area contributed by atoms with Crippen molar-refractivity contribution >= 4 is 15.9 Å². The number of hydrogen-bond acceptors (Lipinski definition) is 3. The number of benzene rings is 1. The van der Waals surface area contributed by atoms with Gasteiger partial charge in [-0.1, -0.05) is 6.07 Å². The van der Waals surface area contributed by atoms with Gasteiger partial charge in [0.1, 0.15) is 5.75 Å². The van der Waals surface area contributed by atoms with Crippen LogP contribution < -0.4 is 10.1 Å². The highest BCUT2D eigenvalue weighted by Crippen LogP contribution is 2.26. The largest absolute Gasteiger partial charge is 0.496 e. The molecule has 1 heterocycles. The predicted molar refractivity (Wildman–Crippen MR) is 78.3 cm³/mol. The Morgan fingerprint density at radius 3 is 3.00 bits per heavy atom. The molecule has 0 amide bonds. The van der Waals surface area contributed by atoms with Crippen molar-refractivity contribution in [2.75, 3.05) is 33.8 Å². The molecule has 4 heteroatoms. The van der Waals surface area contributed by atoms with Crippen LogP contribution in [0.15, 0.2) is 22.7 Å². The fraction of sp³-hybridized carbons (Fsp3) is 0.571. The van der Waals surface area contributed by atoms with Crippen LogP contribution in [-0.4, -0.2) is 44.7 Å². The molecule has 1 aromatic carbocycles. The number of aryl methyl sites for hydroxylation is 1. The second-order valence-electron chi connectivity index (χ2n) is 4.85. The topological polar surface area (TPSA) is 24.5 Å². The molecule has 1 unspecified atom stereocenters. The highest BCUT2D eigenvalue weighted by molar-refractivity contribution is 9.10. The molecule has 0 spiro atoms. The summed E-state index contributed by atoms with van der Waals surface area (Å²) in [4.78, 5) is 2.45. The molecule has 2 rings (SSSR count). The minimum absolute atomic E-state index is 0.652. The minimum atomic E-state index is 0.652. The predicted octanol–water partition coefficient (Wildman–Crippen LogP) is 2.29. The monoisotopic (exact) mass is 312 g/mol. The van der Waals surface area contributed by atoms with E-state index in [-0.39, 0.29) is 0 Å². The van der Waals surface area contributed by atoms with E-state index in [4.69, 9.17) is 4.74 Å². The maximum Gasteiger partial charge on any atom is 0.133 e. The van der Waals surface area contributed by atoms with E-state index in [1.54, 1.807) is 7.11 Å². The van der Waals surface area contributed by atoms with Crippen LogP contribution in [0.1, 0.15) is 12.0 Å². The molecule has 0 radical (unpaired) electrons. The standard InChI is InChI=1S/C14H21BrN2O/c1-17-8-7-16-10-12(17)5-3-11-4-6-14(18-2)13(15)9-11/h4,6,9,12,16H,3,5,7-8,10H2,1-2H3. The number of ether oxygens (including phenoxy) is 1. The van der Waals surface area contributed by atoms with E-state index in [1.807, 2.05) is 6.07 Å². The first-order valence-corrected chi connectivity index (χ1v) is 7.23. The second kappa shape index (κ2) is 6.55. The zero-order valence-corrected chi connectivity index (χ0v) is 12.7. The maximum absolute atomic E-state index is 5.25. The molecule has 0 aliphatic carbocycles. The third kappa shape index (κ3) is 3.46. The Bertz CT molecular complexity index is 397. The Kier molecular flexibility index (Phi) is 5.03. The fourth-order valence-electron chi connectivity index (χ4n) is 2.38. The van der Waals surface area contributed by atoms with E-state index in [1.165, 1.54) is 12.0 Å². The molecule has 1 N–H and O–H groups in total. The number of nitrogens with zero attached hydrogens (tertiary/aromatic N) is 1. The molecular formula is C14H21BrN2O. The van der Waals surface area contributed by atoms with Gasteiger partial charge in [0.05, 0.1) is 11.6 Å². The van der Waals surface area contributed by atoms with Gasteiger partial charge in [-0.3, -0.25) is 0 Å². The van der Waals surface area contributed by atoms with Gasteiger partial charge in [-0.15, -0.1) is 0 Å². The van der Waals surface area contributed by atoms with Gasteiger partial charge in [-0.25, -0.2) is 0 Å². The molecule has 0 aromatic heterocycles. The number of rotatable bonds is 4. The maximum atomic E-state index is 5.25. The van der Waals surface area contributed by atoms with E-state index in [0.717, 1.165) is 36.3 Å². The first kappa shape index (κ1) is 13.8. The summed E-state index contributed by atoms with van der Waals surface area (Å²) < 4.78 is 6.29. The minimum Gasteiger partial charge on any atom is -0.496 e. The lowest BCUT2D eigenvalue weighted by Gasteiger charge is -2.33. The molecule has 1 saturated heterocycles. The van der Waals surface area contributed by atoms with E-state index >= 15 is 0 Å². The average molecular weight is 313 g/mol. The van der Waals surface area contributed by atoms with E-state index in [2.05, 4.69) is 45.3 Å². The van der Waals surface area contributed by atoms with Gasteiger partial charge in [-0.05, 0) is 53.5 Å². The number of halogens is 1. The SMILES string of the molecule is COc1ccc(CCC2CNCCN2C)cc1Br. The van der Waals surface area contributed by atoms with Crippen LogP contribution >= 0.6 is 15.9 Å². The average Bonchev–Trinajstić information content (AvgIpc) is 2.38. The smallest absolute Gasteiger partial charge is 0.133 e. The third-order valence-corrected chi connectivity index (χ3v) is 4.25. The lowest BCUT2D eigenvalue weighted by molar-refractivity contribution is 0.191. The summed E-state index contributed by atoms with van der Waals surface area (Å²) >= 11 is 3.54. The summed E-state index contributed by atoms with van der Waals surface area (Å²) in [7, 11) is 3.91. The fourth-order valence-corrected chi connectivity index (χ4v) is 2.97. The van der Waals surface area contributed by atoms with Crippen LogP contribution in [0.2, 0.25) is 0 Å². The van der Waals surface area contributed by atoms with Crippen LogP contribution in [0.3, 0.4) is 0 Å². The van der Waals surface area contributed by atoms with Crippen molar-refractivity contribution in [2.24, 2.45) is 0 Å². The Morgan fingerprint density at radius 1 is 1.50 bits per heavy atom. The summed E-state index contributed by atoms with van der Waals surface area (Å²) in [5, 5.41) is 3.46. The van der Waals surface area contributed by atoms with Gasteiger partial charge >= 0.3 is 0 Å². The van der Waals surface area contributed by atoms with Crippen molar-refractivity contribution in [3.05, 3.63) is 28.2 Å². The van der Waals surface area contributed by atoms with Gasteiger partial charge in [0.25, 0.3) is 0 Å². The summed E-state index contributed by atoms with van der Waals surface area (Å²) in [5.74, 6) is 0.898. The molecule has 1 fully saturated rings. The summed E-state index contributed by atoms with van der Waals surface area (Å²) in [6, 6.07) is 7.00. The van der Waals surface area contributed by atoms with Gasteiger partial charge in [-0.2, -0.15) is 0 Å². The molecule has 18 heavy (non-hydrogen) atoms. The third-order valence-electron chi connectivity index (χ3n) is 3.63. The highest BCUT2D eigenvalue weighted by atomic mass is 79.9. The van der Waals surface area contributed by atoms with Crippen molar-refractivity contribution in [3.8, 4) is 5.75 Å². The van der Waals surface area contributed by atoms with Crippen LogP contribution in [-0.2, 0) is 6.42 Å². The van der Waals surface area contributed by atoms with E-state index in [0.29, 0.717) is 6.04 Å². The van der Waals surface area contributed by atoms with Gasteiger partial charge < -0.3 is 15.0 Å². The van der Waals surface area contributed by atoms with Gasteiger partial charge in [0, 0.05) is 25.7 Å². The van der Waals surface area contributed by atoms with E-state index < -0.39 is 0 Å². The lowest BCUT2D eigenvalue weighted by Crippen LogP contribution is -2.49. The van der Waals surface area contributed by atoms with Crippen LogP contribution in [0, 0.1) is 0 Å². The van der Waals surface area contributed by atoms with E-state index in [9.17, 15) is 0 Å². The molecule has 0 saturated carbocycles. The molecule has 0 bridgehead atoms. The number of nitrogens with one attached hydrogen (secondary N) is 1.